The molecule has 3 aromatic rings. The van der Waals surface area contributed by atoms with Crippen molar-refractivity contribution in [3.8, 4) is 17.0 Å². The topological polar surface area (TPSA) is 81.2 Å². The molecule has 0 fully saturated rings. The molecule has 0 spiro atoms. The summed E-state index contributed by atoms with van der Waals surface area (Å²) in [5, 5.41) is 0. The molecule has 1 N–H and O–H groups in total. The predicted octanol–water partition coefficient (Wildman–Crippen LogP) is 3.52. The summed E-state index contributed by atoms with van der Waals surface area (Å²) in [6.45, 7) is -0.140. The van der Waals surface area contributed by atoms with Crippen molar-refractivity contribution in [2.45, 2.75) is 17.8 Å². The predicted molar refractivity (Wildman–Crippen MR) is 94.6 cm³/mol. The first-order chi connectivity index (χ1) is 13.2. The van der Waals surface area contributed by atoms with E-state index in [0.29, 0.717) is 11.3 Å². The van der Waals surface area contributed by atoms with Crippen LogP contribution in [0.5, 0.6) is 5.75 Å². The van der Waals surface area contributed by atoms with E-state index >= 15 is 0 Å². The summed E-state index contributed by atoms with van der Waals surface area (Å²) >= 11 is 0. The number of ether oxygens (including phenoxy) is 1. The van der Waals surface area contributed by atoms with Gasteiger partial charge in [0.05, 0.1) is 5.69 Å². The van der Waals surface area contributed by atoms with Gasteiger partial charge in [-0.3, -0.25) is 9.97 Å². The highest BCUT2D eigenvalue weighted by atomic mass is 32.2. The molecule has 0 radical (unpaired) electrons. The molecule has 1 aromatic carbocycles. The molecule has 0 aliphatic heterocycles. The van der Waals surface area contributed by atoms with Crippen LogP contribution in [0.3, 0.4) is 0 Å². The monoisotopic (exact) mass is 409 g/mol. The molecule has 0 aliphatic carbocycles. The van der Waals surface area contributed by atoms with Crippen LogP contribution < -0.4 is 9.46 Å². The number of alkyl halides is 3. The number of rotatable bonds is 6. The number of para-hydroxylation sites is 1. The highest BCUT2D eigenvalue weighted by molar-refractivity contribution is 7.89. The average molecular weight is 409 g/mol. The Kier molecular flexibility index (Phi) is 5.61. The third-order valence-corrected chi connectivity index (χ3v) is 5.05. The quantitative estimate of drug-likeness (QED) is 0.674. The Morgan fingerprint density at radius 3 is 2.54 bits per heavy atom. The molecule has 0 saturated carbocycles. The Hall–Kier alpha value is -2.98. The summed E-state index contributed by atoms with van der Waals surface area (Å²) in [6, 6.07) is 11.3. The van der Waals surface area contributed by atoms with Crippen LogP contribution in [-0.2, 0) is 16.6 Å². The number of pyridine rings is 2. The second-order valence-corrected chi connectivity index (χ2v) is 7.35. The van der Waals surface area contributed by atoms with E-state index in [2.05, 4.69) is 19.4 Å². The summed E-state index contributed by atoms with van der Waals surface area (Å²) < 4.78 is 68.6. The molecule has 10 heteroatoms. The molecule has 3 rings (SSSR count). The fraction of sp³-hybridized carbons (Fsp3) is 0.111. The molecule has 0 bridgehead atoms. The minimum atomic E-state index is -5.00. The molecule has 0 unspecified atom stereocenters. The second-order valence-electron chi connectivity index (χ2n) is 5.61. The third kappa shape index (κ3) is 5.05. The van der Waals surface area contributed by atoms with E-state index in [4.69, 9.17) is 0 Å². The van der Waals surface area contributed by atoms with Crippen LogP contribution in [-0.4, -0.2) is 24.7 Å². The standard InChI is InChI=1S/C18H14F3N3O3S/c19-18(20,21)27-16-5-1-2-6-17(16)28(25,26)24-11-13-7-9-23-15(10-13)14-4-3-8-22-12-14/h1-10,12,24H,11H2. The van der Waals surface area contributed by atoms with E-state index in [9.17, 15) is 21.6 Å². The smallest absolute Gasteiger partial charge is 0.404 e. The van der Waals surface area contributed by atoms with Crippen LogP contribution in [0.1, 0.15) is 5.56 Å². The molecule has 146 valence electrons. The van der Waals surface area contributed by atoms with Crippen molar-refractivity contribution in [3.63, 3.8) is 0 Å². The van der Waals surface area contributed by atoms with Gasteiger partial charge in [0.15, 0.2) is 0 Å². The largest absolute Gasteiger partial charge is 0.573 e. The summed E-state index contributed by atoms with van der Waals surface area (Å²) in [6.07, 6.45) is -0.273. The number of aromatic nitrogens is 2. The lowest BCUT2D eigenvalue weighted by Crippen LogP contribution is -2.25. The van der Waals surface area contributed by atoms with Gasteiger partial charge in [-0.15, -0.1) is 13.2 Å². The highest BCUT2D eigenvalue weighted by Gasteiger charge is 2.33. The van der Waals surface area contributed by atoms with Crippen LogP contribution in [0, 0.1) is 0 Å². The van der Waals surface area contributed by atoms with Gasteiger partial charge in [-0.2, -0.15) is 0 Å². The van der Waals surface area contributed by atoms with Crippen molar-refractivity contribution in [2.75, 3.05) is 0 Å². The SMILES string of the molecule is O=S(=O)(NCc1ccnc(-c2cccnc2)c1)c1ccccc1OC(F)(F)F. The van der Waals surface area contributed by atoms with E-state index < -0.39 is 27.0 Å². The van der Waals surface area contributed by atoms with Gasteiger partial charge in [0.25, 0.3) is 0 Å². The highest BCUT2D eigenvalue weighted by Crippen LogP contribution is 2.29. The van der Waals surface area contributed by atoms with E-state index in [1.807, 2.05) is 0 Å². The molecular formula is C18H14F3N3O3S. The lowest BCUT2D eigenvalue weighted by molar-refractivity contribution is -0.275. The normalized spacial score (nSPS) is 12.0. The lowest BCUT2D eigenvalue weighted by Gasteiger charge is -2.14. The summed E-state index contributed by atoms with van der Waals surface area (Å²) in [5.74, 6) is -0.798. The zero-order chi connectivity index (χ0) is 20.2. The van der Waals surface area contributed by atoms with E-state index in [1.54, 1.807) is 36.7 Å². The maximum Gasteiger partial charge on any atom is 0.573 e. The van der Waals surface area contributed by atoms with Crippen LogP contribution >= 0.6 is 0 Å². The van der Waals surface area contributed by atoms with Gasteiger partial charge in [0.2, 0.25) is 10.0 Å². The lowest BCUT2D eigenvalue weighted by atomic mass is 10.1. The molecule has 2 aromatic heterocycles. The number of halogens is 3. The number of nitrogens with one attached hydrogen (secondary N) is 1. The first-order valence-electron chi connectivity index (χ1n) is 7.94. The number of nitrogens with zero attached hydrogens (tertiary/aromatic N) is 2. The fourth-order valence-corrected chi connectivity index (χ4v) is 3.54. The van der Waals surface area contributed by atoms with E-state index in [0.717, 1.165) is 17.7 Å². The van der Waals surface area contributed by atoms with Crippen molar-refractivity contribution in [3.05, 3.63) is 72.7 Å². The molecule has 28 heavy (non-hydrogen) atoms. The number of benzene rings is 1. The zero-order valence-corrected chi connectivity index (χ0v) is 15.0. The summed E-state index contributed by atoms with van der Waals surface area (Å²) in [7, 11) is -4.25. The van der Waals surface area contributed by atoms with Gasteiger partial charge >= 0.3 is 6.36 Å². The van der Waals surface area contributed by atoms with Crippen molar-refractivity contribution in [1.82, 2.24) is 14.7 Å². The van der Waals surface area contributed by atoms with E-state index in [1.165, 1.54) is 18.3 Å². The van der Waals surface area contributed by atoms with Crippen LogP contribution in [0.2, 0.25) is 0 Å². The first-order valence-corrected chi connectivity index (χ1v) is 9.43. The molecule has 0 saturated heterocycles. The Morgan fingerprint density at radius 1 is 1.04 bits per heavy atom. The van der Waals surface area contributed by atoms with Crippen molar-refractivity contribution < 1.29 is 26.3 Å². The maximum absolute atomic E-state index is 12.5. The van der Waals surface area contributed by atoms with Gasteiger partial charge in [0, 0.05) is 30.7 Å². The fourth-order valence-electron chi connectivity index (χ4n) is 2.39. The Bertz CT molecular complexity index is 1060. The summed E-state index contributed by atoms with van der Waals surface area (Å²) in [5.41, 5.74) is 1.91. The van der Waals surface area contributed by atoms with Crippen LogP contribution in [0.25, 0.3) is 11.3 Å². The molecule has 0 atom stereocenters. The number of sulfonamides is 1. The maximum atomic E-state index is 12.5. The molecular weight excluding hydrogens is 395 g/mol. The van der Waals surface area contributed by atoms with Gasteiger partial charge in [-0.05, 0) is 42.0 Å². The number of hydrogen-bond donors (Lipinski definition) is 1. The van der Waals surface area contributed by atoms with E-state index in [-0.39, 0.29) is 6.54 Å². The minimum absolute atomic E-state index is 0.140. The Balaban J connectivity index is 1.80. The zero-order valence-electron chi connectivity index (χ0n) is 14.2. The molecule has 0 aliphatic rings. The van der Waals surface area contributed by atoms with Gasteiger partial charge in [-0.25, -0.2) is 13.1 Å². The first kappa shape index (κ1) is 19.8. The molecule has 0 amide bonds. The Labute approximate surface area is 159 Å². The third-order valence-electron chi connectivity index (χ3n) is 3.61. The number of hydrogen-bond acceptors (Lipinski definition) is 5. The molecule has 2 heterocycles. The summed E-state index contributed by atoms with van der Waals surface area (Å²) in [4.78, 5) is 7.60. The molecule has 6 nitrogen and oxygen atoms in total. The van der Waals surface area contributed by atoms with Crippen molar-refractivity contribution in [2.24, 2.45) is 0 Å². The van der Waals surface area contributed by atoms with Gasteiger partial charge in [-0.1, -0.05) is 12.1 Å². The van der Waals surface area contributed by atoms with Gasteiger partial charge in [0.1, 0.15) is 10.6 Å². The average Bonchev–Trinajstić information content (AvgIpc) is 2.66. The second kappa shape index (κ2) is 7.95. The van der Waals surface area contributed by atoms with Gasteiger partial charge < -0.3 is 4.74 Å². The van der Waals surface area contributed by atoms with Crippen LogP contribution in [0.15, 0.2) is 72.0 Å². The minimum Gasteiger partial charge on any atom is -0.404 e. The van der Waals surface area contributed by atoms with Crippen molar-refractivity contribution >= 4 is 10.0 Å². The Morgan fingerprint density at radius 2 is 1.82 bits per heavy atom. The van der Waals surface area contributed by atoms with Crippen LogP contribution in [0.4, 0.5) is 13.2 Å². The van der Waals surface area contributed by atoms with Crippen molar-refractivity contribution in [1.29, 1.82) is 0 Å².